The van der Waals surface area contributed by atoms with Gasteiger partial charge >= 0.3 is 18.1 Å². The first-order chi connectivity index (χ1) is 16.4. The van der Waals surface area contributed by atoms with Crippen molar-refractivity contribution in [3.05, 3.63) is 16.0 Å². The molecule has 0 aromatic carbocycles. The number of piperidine rings is 1. The molecular weight excluding hydrogens is 460 g/mol. The molecule has 0 radical (unpaired) electrons. The topological polar surface area (TPSA) is 126 Å². The van der Waals surface area contributed by atoms with E-state index < -0.39 is 30.0 Å². The third-order valence-corrected chi connectivity index (χ3v) is 7.37. The molecule has 188 valence electrons. The van der Waals surface area contributed by atoms with E-state index in [1.54, 1.807) is 13.8 Å². The maximum Gasteiger partial charge on any atom is 0.416 e. The summed E-state index contributed by atoms with van der Waals surface area (Å²) in [6.45, 7) is 5.21. The van der Waals surface area contributed by atoms with Gasteiger partial charge < -0.3 is 20.1 Å². The maximum absolute atomic E-state index is 13.2. The minimum absolute atomic E-state index is 0.141. The fourth-order valence-electron chi connectivity index (χ4n) is 4.43. The first kappa shape index (κ1) is 26.0. The lowest BCUT2D eigenvalue weighted by Gasteiger charge is -2.32. The van der Waals surface area contributed by atoms with Crippen molar-refractivity contribution in [2.75, 3.05) is 38.7 Å². The van der Waals surface area contributed by atoms with Crippen LogP contribution in [0.25, 0.3) is 0 Å². The van der Waals surface area contributed by atoms with Crippen LogP contribution < -0.4 is 16.0 Å². The number of urea groups is 1. The minimum atomic E-state index is -0.905. The third-order valence-electron chi connectivity index (χ3n) is 6.16. The van der Waals surface area contributed by atoms with Gasteiger partial charge in [0.2, 0.25) is 0 Å². The van der Waals surface area contributed by atoms with Gasteiger partial charge in [0.1, 0.15) is 11.0 Å². The monoisotopic (exact) mass is 494 g/mol. The number of rotatable bonds is 7. The number of thiophene rings is 1. The molecule has 1 aromatic heterocycles. The van der Waals surface area contributed by atoms with Crippen molar-refractivity contribution in [2.45, 2.75) is 58.4 Å². The second-order valence-corrected chi connectivity index (χ2v) is 9.50. The van der Waals surface area contributed by atoms with Crippen molar-refractivity contribution >= 4 is 40.3 Å². The first-order valence-electron chi connectivity index (χ1n) is 11.9. The standard InChI is InChI=1S/C23H34N4O6S/c1-4-32-21(29)17-15-8-6-7-9-16(15)34-19(17)26-22(30)25-18(14-10-12-24-13-11-14)20(28)27(3)23(31)33-5-2/h14,18,24H,4-13H2,1-3H3,(H2,25,26,30). The van der Waals surface area contributed by atoms with Crippen molar-refractivity contribution in [1.82, 2.24) is 15.5 Å². The molecule has 34 heavy (non-hydrogen) atoms. The van der Waals surface area contributed by atoms with Crippen LogP contribution in [0.5, 0.6) is 0 Å². The average molecular weight is 495 g/mol. The normalized spacial score (nSPS) is 16.7. The Labute approximate surface area is 203 Å². The lowest BCUT2D eigenvalue weighted by molar-refractivity contribution is -0.131. The predicted octanol–water partition coefficient (Wildman–Crippen LogP) is 2.91. The second-order valence-electron chi connectivity index (χ2n) is 8.40. The summed E-state index contributed by atoms with van der Waals surface area (Å²) >= 11 is 1.38. The highest BCUT2D eigenvalue weighted by atomic mass is 32.1. The molecule has 0 bridgehead atoms. The highest BCUT2D eigenvalue weighted by Crippen LogP contribution is 2.38. The Balaban J connectivity index is 1.80. The number of hydrogen-bond acceptors (Lipinski definition) is 8. The summed E-state index contributed by atoms with van der Waals surface area (Å²) in [5.74, 6) is -1.13. The Hall–Kier alpha value is -2.66. The lowest BCUT2D eigenvalue weighted by atomic mass is 9.89. The van der Waals surface area contributed by atoms with E-state index in [0.29, 0.717) is 36.5 Å². The minimum Gasteiger partial charge on any atom is -0.462 e. The molecule has 2 heterocycles. The van der Waals surface area contributed by atoms with Crippen LogP contribution in [-0.2, 0) is 27.1 Å². The number of hydrogen-bond donors (Lipinski definition) is 3. The van der Waals surface area contributed by atoms with E-state index in [1.165, 1.54) is 18.4 Å². The van der Waals surface area contributed by atoms with E-state index in [-0.39, 0.29) is 19.1 Å². The zero-order chi connectivity index (χ0) is 24.7. The van der Waals surface area contributed by atoms with E-state index >= 15 is 0 Å². The van der Waals surface area contributed by atoms with Crippen molar-refractivity contribution in [3.63, 3.8) is 0 Å². The SMILES string of the molecule is CCOC(=O)c1c(NC(=O)NC(C(=O)N(C)C(=O)OCC)C2CCNCC2)sc2c1CCCC2. The number of carbonyl (C=O) groups excluding carboxylic acids is 4. The number of likely N-dealkylation sites (N-methyl/N-ethyl adjacent to an activating group) is 1. The van der Waals surface area contributed by atoms with E-state index in [2.05, 4.69) is 16.0 Å². The number of nitrogens with one attached hydrogen (secondary N) is 3. The summed E-state index contributed by atoms with van der Waals surface area (Å²) in [6.07, 6.45) is 4.23. The lowest BCUT2D eigenvalue weighted by Crippen LogP contribution is -2.55. The zero-order valence-electron chi connectivity index (χ0n) is 20.0. The summed E-state index contributed by atoms with van der Waals surface area (Å²) in [4.78, 5) is 53.0. The van der Waals surface area contributed by atoms with Crippen LogP contribution in [0, 0.1) is 5.92 Å². The number of anilines is 1. The second kappa shape index (κ2) is 12.2. The summed E-state index contributed by atoms with van der Waals surface area (Å²) in [6, 6.07) is -1.50. The molecule has 4 amide bonds. The number of aryl methyl sites for hydroxylation is 1. The summed E-state index contributed by atoms with van der Waals surface area (Å²) in [5, 5.41) is 9.23. The Bertz CT molecular complexity index is 912. The molecule has 1 aliphatic heterocycles. The number of esters is 1. The average Bonchev–Trinajstić information content (AvgIpc) is 3.20. The van der Waals surface area contributed by atoms with Crippen LogP contribution in [0.4, 0.5) is 14.6 Å². The molecule has 0 saturated carbocycles. The van der Waals surface area contributed by atoms with Crippen LogP contribution in [0.2, 0.25) is 0 Å². The van der Waals surface area contributed by atoms with Crippen molar-refractivity contribution in [1.29, 1.82) is 0 Å². The quantitative estimate of drug-likeness (QED) is 0.498. The molecule has 1 aromatic rings. The summed E-state index contributed by atoms with van der Waals surface area (Å²) in [5.41, 5.74) is 1.35. The molecule has 2 aliphatic rings. The van der Waals surface area contributed by atoms with E-state index in [1.807, 2.05) is 0 Å². The van der Waals surface area contributed by atoms with Crippen LogP contribution >= 0.6 is 11.3 Å². The van der Waals surface area contributed by atoms with Gasteiger partial charge in [-0.15, -0.1) is 11.3 Å². The van der Waals surface area contributed by atoms with Gasteiger partial charge in [-0.2, -0.15) is 0 Å². The molecule has 10 nitrogen and oxygen atoms in total. The maximum atomic E-state index is 13.2. The van der Waals surface area contributed by atoms with Crippen LogP contribution in [0.15, 0.2) is 0 Å². The highest BCUT2D eigenvalue weighted by molar-refractivity contribution is 7.17. The molecule has 3 N–H and O–H groups in total. The zero-order valence-corrected chi connectivity index (χ0v) is 20.8. The molecule has 11 heteroatoms. The molecule has 1 atom stereocenters. The van der Waals surface area contributed by atoms with Gasteiger partial charge in [-0.3, -0.25) is 10.1 Å². The first-order valence-corrected chi connectivity index (χ1v) is 12.7. The number of imide groups is 1. The van der Waals surface area contributed by atoms with Crippen molar-refractivity contribution in [3.8, 4) is 0 Å². The summed E-state index contributed by atoms with van der Waals surface area (Å²) < 4.78 is 10.2. The molecular formula is C23H34N4O6S. The van der Waals surface area contributed by atoms with Gasteiger partial charge in [0.25, 0.3) is 5.91 Å². The fraction of sp³-hybridized carbons (Fsp3) is 0.652. The van der Waals surface area contributed by atoms with Crippen molar-refractivity contribution < 1.29 is 28.7 Å². The fourth-order valence-corrected chi connectivity index (χ4v) is 5.70. The number of fused-ring (bicyclic) bond motifs is 1. The molecule has 1 saturated heterocycles. The van der Waals surface area contributed by atoms with Crippen LogP contribution in [-0.4, -0.2) is 68.3 Å². The molecule has 1 aliphatic carbocycles. The van der Waals surface area contributed by atoms with E-state index in [0.717, 1.165) is 41.0 Å². The predicted molar refractivity (Wildman–Crippen MR) is 128 cm³/mol. The Morgan fingerprint density at radius 2 is 1.76 bits per heavy atom. The Morgan fingerprint density at radius 1 is 1.09 bits per heavy atom. The van der Waals surface area contributed by atoms with Gasteiger partial charge in [0, 0.05) is 11.9 Å². The van der Waals surface area contributed by atoms with Gasteiger partial charge in [0.05, 0.1) is 18.8 Å². The Kier molecular flexibility index (Phi) is 9.28. The van der Waals surface area contributed by atoms with Crippen LogP contribution in [0.3, 0.4) is 0 Å². The summed E-state index contributed by atoms with van der Waals surface area (Å²) in [7, 11) is 1.35. The van der Waals surface area contributed by atoms with E-state index in [4.69, 9.17) is 9.47 Å². The molecule has 0 spiro atoms. The largest absolute Gasteiger partial charge is 0.462 e. The van der Waals surface area contributed by atoms with Gasteiger partial charge in [0.15, 0.2) is 0 Å². The van der Waals surface area contributed by atoms with Gasteiger partial charge in [-0.1, -0.05) is 0 Å². The number of ether oxygens (including phenoxy) is 2. The highest BCUT2D eigenvalue weighted by Gasteiger charge is 2.36. The Morgan fingerprint density at radius 3 is 2.44 bits per heavy atom. The van der Waals surface area contributed by atoms with Crippen LogP contribution in [0.1, 0.15) is 60.3 Å². The third kappa shape index (κ3) is 6.06. The number of amides is 4. The molecule has 3 rings (SSSR count). The van der Waals surface area contributed by atoms with Gasteiger partial charge in [-0.05, 0) is 76.9 Å². The smallest absolute Gasteiger partial charge is 0.416 e. The molecule has 1 fully saturated rings. The van der Waals surface area contributed by atoms with Gasteiger partial charge in [-0.25, -0.2) is 19.3 Å². The molecule has 1 unspecified atom stereocenters. The number of carbonyl (C=O) groups is 4. The number of nitrogens with zero attached hydrogens (tertiary/aromatic N) is 1. The van der Waals surface area contributed by atoms with E-state index in [9.17, 15) is 19.2 Å². The van der Waals surface area contributed by atoms with Crippen molar-refractivity contribution in [2.24, 2.45) is 5.92 Å².